The Kier molecular flexibility index (Phi) is 1.78. The Balaban J connectivity index is 2.18. The van der Waals surface area contributed by atoms with Gasteiger partial charge in [0.1, 0.15) is 0 Å². The topological polar surface area (TPSA) is 0 Å². The number of allylic oxidation sites excluding steroid dienone is 2. The lowest BCUT2D eigenvalue weighted by molar-refractivity contribution is 0.556. The summed E-state index contributed by atoms with van der Waals surface area (Å²) in [6, 6.07) is 0. The maximum absolute atomic E-state index is 2.33. The zero-order valence-corrected chi connectivity index (χ0v) is 7.69. The van der Waals surface area contributed by atoms with Gasteiger partial charge in [0.15, 0.2) is 0 Å². The fourth-order valence-corrected chi connectivity index (χ4v) is 2.80. The zero-order chi connectivity index (χ0) is 7.84. The quantitative estimate of drug-likeness (QED) is 0.502. The highest BCUT2D eigenvalue weighted by atomic mass is 14.4. The van der Waals surface area contributed by atoms with Gasteiger partial charge in [-0.3, -0.25) is 0 Å². The molecule has 2 rings (SSSR count). The molecule has 0 saturated heterocycles. The third-order valence-electron chi connectivity index (χ3n) is 3.62. The Morgan fingerprint density at radius 1 is 1.45 bits per heavy atom. The van der Waals surface area contributed by atoms with Gasteiger partial charge >= 0.3 is 0 Å². The van der Waals surface area contributed by atoms with Gasteiger partial charge in [-0.2, -0.15) is 0 Å². The van der Waals surface area contributed by atoms with Crippen LogP contribution in [0.5, 0.6) is 0 Å². The van der Waals surface area contributed by atoms with E-state index in [4.69, 9.17) is 0 Å². The summed E-state index contributed by atoms with van der Waals surface area (Å²) in [5.74, 6) is 2.09. The molecule has 62 valence electrons. The van der Waals surface area contributed by atoms with Gasteiger partial charge in [-0.25, -0.2) is 0 Å². The van der Waals surface area contributed by atoms with Gasteiger partial charge in [0.05, 0.1) is 0 Å². The molecule has 0 radical (unpaired) electrons. The van der Waals surface area contributed by atoms with Crippen molar-refractivity contribution in [3.05, 3.63) is 11.1 Å². The summed E-state index contributed by atoms with van der Waals surface area (Å²) in [6.07, 6.45) is 7.26. The third kappa shape index (κ3) is 1.13. The second-order valence-electron chi connectivity index (χ2n) is 4.24. The maximum Gasteiger partial charge on any atom is -0.0198 e. The van der Waals surface area contributed by atoms with Crippen LogP contribution in [-0.2, 0) is 0 Å². The summed E-state index contributed by atoms with van der Waals surface area (Å²) in [7, 11) is 0. The first-order chi connectivity index (χ1) is 5.31. The molecular weight excluding hydrogens is 132 g/mol. The summed E-state index contributed by atoms with van der Waals surface area (Å²) >= 11 is 0. The van der Waals surface area contributed by atoms with Gasteiger partial charge in [-0.1, -0.05) is 18.1 Å². The van der Waals surface area contributed by atoms with Crippen molar-refractivity contribution in [2.75, 3.05) is 0 Å². The minimum absolute atomic E-state index is 1.01. The number of hydrogen-bond donors (Lipinski definition) is 0. The molecule has 11 heavy (non-hydrogen) atoms. The predicted molar refractivity (Wildman–Crippen MR) is 48.4 cm³/mol. The Morgan fingerprint density at radius 2 is 2.27 bits per heavy atom. The summed E-state index contributed by atoms with van der Waals surface area (Å²) in [4.78, 5) is 0. The number of fused-ring (bicyclic) bond motifs is 2. The molecule has 0 aromatic rings. The molecule has 2 atom stereocenters. The average molecular weight is 150 g/mol. The van der Waals surface area contributed by atoms with E-state index < -0.39 is 0 Å². The molecule has 2 aliphatic rings. The SMILES string of the molecule is CC/C(C)=C1\CC2CCC1C2. The highest BCUT2D eigenvalue weighted by molar-refractivity contribution is 5.22. The molecule has 2 saturated carbocycles. The monoisotopic (exact) mass is 150 g/mol. The largest absolute Gasteiger partial charge is 0.0741 e. The lowest BCUT2D eigenvalue weighted by Gasteiger charge is -2.15. The van der Waals surface area contributed by atoms with Crippen LogP contribution in [0.2, 0.25) is 0 Å². The van der Waals surface area contributed by atoms with E-state index in [0.717, 1.165) is 11.8 Å². The van der Waals surface area contributed by atoms with Crippen LogP contribution in [0, 0.1) is 11.8 Å². The van der Waals surface area contributed by atoms with E-state index in [1.165, 1.54) is 32.1 Å². The van der Waals surface area contributed by atoms with Gasteiger partial charge in [-0.05, 0) is 50.9 Å². The first-order valence-corrected chi connectivity index (χ1v) is 4.99. The molecule has 0 heteroatoms. The van der Waals surface area contributed by atoms with Crippen LogP contribution in [0.3, 0.4) is 0 Å². The van der Waals surface area contributed by atoms with Crippen LogP contribution in [-0.4, -0.2) is 0 Å². The van der Waals surface area contributed by atoms with Crippen molar-refractivity contribution >= 4 is 0 Å². The molecule has 0 nitrogen and oxygen atoms in total. The summed E-state index contributed by atoms with van der Waals surface area (Å²) in [5, 5.41) is 0. The van der Waals surface area contributed by atoms with E-state index in [2.05, 4.69) is 13.8 Å². The molecule has 0 heterocycles. The third-order valence-corrected chi connectivity index (χ3v) is 3.62. The Hall–Kier alpha value is -0.260. The molecule has 2 bridgehead atoms. The van der Waals surface area contributed by atoms with Crippen LogP contribution in [0.1, 0.15) is 46.0 Å². The van der Waals surface area contributed by atoms with Crippen molar-refractivity contribution in [1.29, 1.82) is 0 Å². The molecule has 0 N–H and O–H groups in total. The van der Waals surface area contributed by atoms with E-state index in [1.807, 2.05) is 5.57 Å². The smallest absolute Gasteiger partial charge is 0.0198 e. The second-order valence-corrected chi connectivity index (χ2v) is 4.24. The average Bonchev–Trinajstić information content (AvgIpc) is 2.62. The van der Waals surface area contributed by atoms with Crippen molar-refractivity contribution in [3.63, 3.8) is 0 Å². The molecular formula is C11H18. The van der Waals surface area contributed by atoms with Gasteiger partial charge in [0, 0.05) is 0 Å². The lowest BCUT2D eigenvalue weighted by atomic mass is 9.90. The van der Waals surface area contributed by atoms with Crippen LogP contribution in [0.4, 0.5) is 0 Å². The van der Waals surface area contributed by atoms with Crippen LogP contribution in [0.25, 0.3) is 0 Å². The van der Waals surface area contributed by atoms with Gasteiger partial charge in [0.2, 0.25) is 0 Å². The summed E-state index contributed by atoms with van der Waals surface area (Å²) in [6.45, 7) is 4.62. The highest BCUT2D eigenvalue weighted by Gasteiger charge is 2.35. The van der Waals surface area contributed by atoms with E-state index in [1.54, 1.807) is 5.57 Å². The fraction of sp³-hybridized carbons (Fsp3) is 0.818. The van der Waals surface area contributed by atoms with Crippen LogP contribution < -0.4 is 0 Å². The Labute approximate surface area is 69.7 Å². The minimum atomic E-state index is 1.01. The van der Waals surface area contributed by atoms with Crippen molar-refractivity contribution < 1.29 is 0 Å². The molecule has 0 amide bonds. The molecule has 2 unspecified atom stereocenters. The molecule has 2 aliphatic carbocycles. The van der Waals surface area contributed by atoms with E-state index in [-0.39, 0.29) is 0 Å². The summed E-state index contributed by atoms with van der Waals surface area (Å²) < 4.78 is 0. The molecule has 0 aliphatic heterocycles. The van der Waals surface area contributed by atoms with Crippen LogP contribution >= 0.6 is 0 Å². The van der Waals surface area contributed by atoms with Gasteiger partial charge in [-0.15, -0.1) is 0 Å². The molecule has 0 aromatic carbocycles. The highest BCUT2D eigenvalue weighted by Crippen LogP contribution is 2.49. The predicted octanol–water partition coefficient (Wildman–Crippen LogP) is 3.53. The molecule has 2 fully saturated rings. The van der Waals surface area contributed by atoms with E-state index in [9.17, 15) is 0 Å². The van der Waals surface area contributed by atoms with E-state index in [0.29, 0.717) is 0 Å². The van der Waals surface area contributed by atoms with Crippen molar-refractivity contribution in [3.8, 4) is 0 Å². The normalized spacial score (nSPS) is 39.8. The minimum Gasteiger partial charge on any atom is -0.0741 e. The maximum atomic E-state index is 2.33. The number of rotatable bonds is 1. The fourth-order valence-electron chi connectivity index (χ4n) is 2.80. The van der Waals surface area contributed by atoms with Gasteiger partial charge in [0.25, 0.3) is 0 Å². The Bertz CT molecular complexity index is 188. The second kappa shape index (κ2) is 2.66. The number of hydrogen-bond acceptors (Lipinski definition) is 0. The zero-order valence-electron chi connectivity index (χ0n) is 7.69. The molecule has 0 spiro atoms. The summed E-state index contributed by atoms with van der Waals surface area (Å²) in [5.41, 5.74) is 3.53. The van der Waals surface area contributed by atoms with Crippen molar-refractivity contribution in [2.45, 2.75) is 46.0 Å². The first-order valence-electron chi connectivity index (χ1n) is 4.99. The lowest BCUT2D eigenvalue weighted by Crippen LogP contribution is -2.00. The van der Waals surface area contributed by atoms with Crippen molar-refractivity contribution in [2.24, 2.45) is 11.8 Å². The Morgan fingerprint density at radius 3 is 2.73 bits per heavy atom. The van der Waals surface area contributed by atoms with E-state index >= 15 is 0 Å². The van der Waals surface area contributed by atoms with Gasteiger partial charge < -0.3 is 0 Å². The van der Waals surface area contributed by atoms with Crippen LogP contribution in [0.15, 0.2) is 11.1 Å². The standard InChI is InChI=1S/C11H18/c1-3-8(2)11-7-9-4-5-10(11)6-9/h9-10H,3-7H2,1-2H3/b11-8+. The first kappa shape index (κ1) is 7.39. The molecule has 0 aromatic heterocycles. The van der Waals surface area contributed by atoms with Crippen molar-refractivity contribution in [1.82, 2.24) is 0 Å².